The fraction of sp³-hybridized carbons (Fsp3) is 0.417. The van der Waals surface area contributed by atoms with Crippen molar-refractivity contribution >= 4 is 44.7 Å². The largest absolute Gasteiger partial charge is 0.387 e. The maximum absolute atomic E-state index is 11.2. The molecule has 0 amide bonds. The Labute approximate surface area is 124 Å². The summed E-state index contributed by atoms with van der Waals surface area (Å²) in [5.74, 6) is 0.548. The highest BCUT2D eigenvalue weighted by Gasteiger charge is 2.24. The first-order valence-corrected chi connectivity index (χ1v) is 8.18. The summed E-state index contributed by atoms with van der Waals surface area (Å²) in [6.07, 6.45) is 1.90. The molecule has 2 rings (SSSR count). The van der Waals surface area contributed by atoms with Crippen LogP contribution in [0, 0.1) is 10.1 Å². The summed E-state index contributed by atoms with van der Waals surface area (Å²) in [6, 6.07) is 3.46. The van der Waals surface area contributed by atoms with Gasteiger partial charge >= 0.3 is 5.69 Å². The summed E-state index contributed by atoms with van der Waals surface area (Å²) in [6.45, 7) is 1.94. The molecule has 0 bridgehead atoms. The molecule has 1 aromatic carbocycles. The number of nitro benzene ring substituents is 1. The zero-order valence-electron chi connectivity index (χ0n) is 11.1. The Morgan fingerprint density at radius 2 is 2.35 bits per heavy atom. The highest BCUT2D eigenvalue weighted by Crippen LogP contribution is 2.34. The Balaban J connectivity index is 2.30. The van der Waals surface area contributed by atoms with Crippen LogP contribution in [0.1, 0.15) is 6.92 Å². The third kappa shape index (κ3) is 3.20. The van der Waals surface area contributed by atoms with Crippen LogP contribution in [0.2, 0.25) is 0 Å². The molecule has 2 aromatic rings. The predicted molar refractivity (Wildman–Crippen MR) is 83.8 cm³/mol. The maximum Gasteiger partial charge on any atom is 0.319 e. The number of hydrogen-bond donors (Lipinski definition) is 2. The van der Waals surface area contributed by atoms with Gasteiger partial charge in [0, 0.05) is 12.3 Å². The minimum atomic E-state index is -0.926. The molecule has 0 radical (unpaired) electrons. The number of rotatable bonds is 6. The van der Waals surface area contributed by atoms with E-state index in [9.17, 15) is 15.2 Å². The molecule has 6 nitrogen and oxygen atoms in total. The predicted octanol–water partition coefficient (Wildman–Crippen LogP) is 2.73. The van der Waals surface area contributed by atoms with Crippen molar-refractivity contribution < 1.29 is 10.0 Å². The molecule has 0 aliphatic carbocycles. The van der Waals surface area contributed by atoms with E-state index in [-0.39, 0.29) is 12.2 Å². The van der Waals surface area contributed by atoms with Crippen LogP contribution < -0.4 is 5.32 Å². The number of benzene rings is 1. The van der Waals surface area contributed by atoms with E-state index in [1.54, 1.807) is 24.6 Å². The van der Waals surface area contributed by atoms with Crippen LogP contribution in [0.15, 0.2) is 17.6 Å². The number of nitro groups is 1. The summed E-state index contributed by atoms with van der Waals surface area (Å²) in [5.41, 5.74) is 1.39. The lowest BCUT2D eigenvalue weighted by molar-refractivity contribution is -0.382. The lowest BCUT2D eigenvalue weighted by Crippen LogP contribution is -2.36. The van der Waals surface area contributed by atoms with Crippen molar-refractivity contribution in [2.24, 2.45) is 0 Å². The number of thioether (sulfide) groups is 1. The van der Waals surface area contributed by atoms with Gasteiger partial charge in [0.25, 0.3) is 0 Å². The number of hydrogen-bond acceptors (Lipinski definition) is 7. The van der Waals surface area contributed by atoms with E-state index in [1.807, 2.05) is 6.26 Å². The van der Waals surface area contributed by atoms with Gasteiger partial charge in [-0.3, -0.25) is 10.1 Å². The summed E-state index contributed by atoms with van der Waals surface area (Å²) in [4.78, 5) is 14.9. The molecule has 108 valence electrons. The lowest BCUT2D eigenvalue weighted by Gasteiger charge is -2.23. The van der Waals surface area contributed by atoms with Gasteiger partial charge in [0.05, 0.1) is 20.7 Å². The van der Waals surface area contributed by atoms with Gasteiger partial charge < -0.3 is 10.4 Å². The third-order valence-electron chi connectivity index (χ3n) is 2.77. The minimum absolute atomic E-state index is 0.0382. The number of aromatic nitrogens is 1. The van der Waals surface area contributed by atoms with Gasteiger partial charge in [-0.05, 0) is 25.3 Å². The molecule has 1 atom stereocenters. The standard InChI is InChI=1S/C12H15N3O3S2/c1-12(16,6-19-2)5-13-8-3-4-9-10(14-7-20-9)11(8)15(17)18/h3-4,7,13,16H,5-6H2,1-2H3. The van der Waals surface area contributed by atoms with E-state index < -0.39 is 10.5 Å². The van der Waals surface area contributed by atoms with E-state index in [2.05, 4.69) is 10.3 Å². The van der Waals surface area contributed by atoms with E-state index in [0.29, 0.717) is 17.0 Å². The number of nitrogens with one attached hydrogen (secondary N) is 1. The van der Waals surface area contributed by atoms with Crippen LogP contribution in [0.4, 0.5) is 11.4 Å². The molecular weight excluding hydrogens is 298 g/mol. The molecule has 1 aromatic heterocycles. The molecule has 0 saturated heterocycles. The number of nitrogens with zero attached hydrogens (tertiary/aromatic N) is 2. The van der Waals surface area contributed by atoms with Crippen LogP contribution in [0.5, 0.6) is 0 Å². The second-order valence-corrected chi connectivity index (χ2v) is 6.45. The zero-order chi connectivity index (χ0) is 14.8. The zero-order valence-corrected chi connectivity index (χ0v) is 12.8. The average Bonchev–Trinajstić information content (AvgIpc) is 2.83. The average molecular weight is 313 g/mol. The van der Waals surface area contributed by atoms with Gasteiger partial charge in [-0.1, -0.05) is 0 Å². The second kappa shape index (κ2) is 5.94. The first kappa shape index (κ1) is 15.0. The monoisotopic (exact) mass is 313 g/mol. The number of aliphatic hydroxyl groups is 1. The smallest absolute Gasteiger partial charge is 0.319 e. The Hall–Kier alpha value is -1.38. The third-order valence-corrected chi connectivity index (χ3v) is 4.48. The van der Waals surface area contributed by atoms with Crippen molar-refractivity contribution in [1.29, 1.82) is 0 Å². The first-order chi connectivity index (χ1) is 9.44. The van der Waals surface area contributed by atoms with Crippen molar-refractivity contribution in [3.05, 3.63) is 27.8 Å². The Morgan fingerprint density at radius 3 is 3.00 bits per heavy atom. The van der Waals surface area contributed by atoms with Gasteiger partial charge in [0.2, 0.25) is 0 Å². The SMILES string of the molecule is CSCC(C)(O)CNc1ccc2scnc2c1[N+](=O)[O-]. The van der Waals surface area contributed by atoms with Crippen molar-refractivity contribution in [1.82, 2.24) is 4.98 Å². The lowest BCUT2D eigenvalue weighted by atomic mass is 10.1. The van der Waals surface area contributed by atoms with Crippen LogP contribution in [-0.2, 0) is 0 Å². The normalized spacial score (nSPS) is 14.2. The molecule has 0 saturated carbocycles. The molecule has 1 unspecified atom stereocenters. The quantitative estimate of drug-likeness (QED) is 0.630. The van der Waals surface area contributed by atoms with Crippen LogP contribution in [-0.4, -0.2) is 39.2 Å². The van der Waals surface area contributed by atoms with Gasteiger partial charge in [-0.25, -0.2) is 4.98 Å². The summed E-state index contributed by atoms with van der Waals surface area (Å²) in [7, 11) is 0. The maximum atomic E-state index is 11.2. The van der Waals surface area contributed by atoms with E-state index in [4.69, 9.17) is 0 Å². The highest BCUT2D eigenvalue weighted by molar-refractivity contribution is 7.98. The molecule has 20 heavy (non-hydrogen) atoms. The molecule has 0 spiro atoms. The van der Waals surface area contributed by atoms with E-state index in [1.165, 1.54) is 23.1 Å². The van der Waals surface area contributed by atoms with Crippen molar-refractivity contribution in [3.8, 4) is 0 Å². The molecule has 0 fully saturated rings. The minimum Gasteiger partial charge on any atom is -0.387 e. The Morgan fingerprint density at radius 1 is 1.60 bits per heavy atom. The van der Waals surface area contributed by atoms with Gasteiger partial charge in [0.1, 0.15) is 5.69 Å². The summed E-state index contributed by atoms with van der Waals surface area (Å²) < 4.78 is 0.776. The molecule has 8 heteroatoms. The molecular formula is C12H15N3O3S2. The molecule has 2 N–H and O–H groups in total. The van der Waals surface area contributed by atoms with Crippen molar-refractivity contribution in [2.75, 3.05) is 23.9 Å². The molecule has 1 heterocycles. The van der Waals surface area contributed by atoms with Crippen LogP contribution >= 0.6 is 23.1 Å². The Bertz CT molecular complexity index is 627. The van der Waals surface area contributed by atoms with Crippen molar-refractivity contribution in [3.63, 3.8) is 0 Å². The van der Waals surface area contributed by atoms with Crippen molar-refractivity contribution in [2.45, 2.75) is 12.5 Å². The Kier molecular flexibility index (Phi) is 4.46. The highest BCUT2D eigenvalue weighted by atomic mass is 32.2. The topological polar surface area (TPSA) is 88.3 Å². The summed E-state index contributed by atoms with van der Waals surface area (Å²) >= 11 is 2.89. The van der Waals surface area contributed by atoms with E-state index in [0.717, 1.165) is 4.70 Å². The number of thiazole rings is 1. The first-order valence-electron chi connectivity index (χ1n) is 5.90. The van der Waals surface area contributed by atoms with Gasteiger partial charge in [-0.2, -0.15) is 11.8 Å². The second-order valence-electron chi connectivity index (χ2n) is 4.70. The van der Waals surface area contributed by atoms with Gasteiger partial charge in [-0.15, -0.1) is 11.3 Å². The van der Waals surface area contributed by atoms with Gasteiger partial charge in [0.15, 0.2) is 5.52 Å². The fourth-order valence-electron chi connectivity index (χ4n) is 1.89. The summed E-state index contributed by atoms with van der Waals surface area (Å²) in [5, 5.41) is 24.3. The van der Waals surface area contributed by atoms with Crippen LogP contribution in [0.3, 0.4) is 0 Å². The number of anilines is 1. The molecule has 0 aliphatic heterocycles. The number of fused-ring (bicyclic) bond motifs is 1. The molecule has 0 aliphatic rings. The fourth-order valence-corrected chi connectivity index (χ4v) is 3.30. The van der Waals surface area contributed by atoms with E-state index >= 15 is 0 Å². The van der Waals surface area contributed by atoms with Crippen LogP contribution in [0.25, 0.3) is 10.2 Å².